The summed E-state index contributed by atoms with van der Waals surface area (Å²) in [5, 5.41) is 6.01. The lowest BCUT2D eigenvalue weighted by Crippen LogP contribution is -2.51. The second-order valence-corrected chi connectivity index (χ2v) is 4.95. The van der Waals surface area contributed by atoms with Gasteiger partial charge in [-0.15, -0.1) is 0 Å². The number of carbonyl (C=O) groups is 2. The summed E-state index contributed by atoms with van der Waals surface area (Å²) < 4.78 is 0. The van der Waals surface area contributed by atoms with Crippen LogP contribution >= 0.6 is 0 Å². The zero-order valence-corrected chi connectivity index (χ0v) is 10.4. The van der Waals surface area contributed by atoms with Crippen LogP contribution in [0.5, 0.6) is 0 Å². The van der Waals surface area contributed by atoms with E-state index >= 15 is 0 Å². The van der Waals surface area contributed by atoms with Gasteiger partial charge in [0.15, 0.2) is 0 Å². The van der Waals surface area contributed by atoms with Crippen molar-refractivity contribution in [1.29, 1.82) is 0 Å². The number of hydrogen-bond donors (Lipinski definition) is 2. The molecule has 2 saturated heterocycles. The molecule has 2 fully saturated rings. The minimum Gasteiger partial charge on any atom is -0.355 e. The van der Waals surface area contributed by atoms with Crippen LogP contribution in [-0.2, 0) is 9.59 Å². The van der Waals surface area contributed by atoms with Crippen molar-refractivity contribution >= 4 is 11.8 Å². The van der Waals surface area contributed by atoms with Gasteiger partial charge in [-0.1, -0.05) is 0 Å². The molecule has 2 heterocycles. The molecule has 0 aromatic carbocycles. The largest absolute Gasteiger partial charge is 0.355 e. The van der Waals surface area contributed by atoms with E-state index in [1.54, 1.807) is 0 Å². The summed E-state index contributed by atoms with van der Waals surface area (Å²) in [6.07, 6.45) is 3.39. The Hall–Kier alpha value is -1.10. The Morgan fingerprint density at radius 3 is 2.94 bits per heavy atom. The van der Waals surface area contributed by atoms with Crippen LogP contribution in [0.1, 0.15) is 25.7 Å². The lowest BCUT2D eigenvalue weighted by atomic mass is 9.96. The molecule has 2 aliphatic heterocycles. The van der Waals surface area contributed by atoms with Crippen LogP contribution in [0.15, 0.2) is 0 Å². The van der Waals surface area contributed by atoms with E-state index in [4.69, 9.17) is 0 Å². The molecule has 5 heteroatoms. The normalized spacial score (nSPS) is 29.9. The molecule has 0 bridgehead atoms. The number of likely N-dealkylation sites (N-methyl/N-ethyl adjacent to an activating group) is 1. The van der Waals surface area contributed by atoms with E-state index in [0.29, 0.717) is 25.4 Å². The van der Waals surface area contributed by atoms with Crippen LogP contribution in [0.25, 0.3) is 0 Å². The SMILES string of the molecule is CNC1CCCN(C(=O)C2CCC(=O)NC2)C1. The standard InChI is InChI=1S/C12H21N3O2/c1-13-10-3-2-6-15(8-10)12(17)9-4-5-11(16)14-7-9/h9-10,13H,2-8H2,1H3,(H,14,16). The number of rotatable bonds is 2. The Morgan fingerprint density at radius 2 is 2.29 bits per heavy atom. The fourth-order valence-corrected chi connectivity index (χ4v) is 2.61. The van der Waals surface area contributed by atoms with Crippen LogP contribution in [-0.4, -0.2) is 49.4 Å². The van der Waals surface area contributed by atoms with E-state index in [-0.39, 0.29) is 17.7 Å². The molecule has 0 spiro atoms. The maximum Gasteiger partial charge on any atom is 0.227 e. The maximum atomic E-state index is 12.3. The first kappa shape index (κ1) is 12.4. The average molecular weight is 239 g/mol. The lowest BCUT2D eigenvalue weighted by molar-refractivity contribution is -0.138. The number of piperidine rings is 2. The Labute approximate surface area is 102 Å². The van der Waals surface area contributed by atoms with Gasteiger partial charge >= 0.3 is 0 Å². The second-order valence-electron chi connectivity index (χ2n) is 4.95. The third kappa shape index (κ3) is 2.97. The number of carbonyl (C=O) groups excluding carboxylic acids is 2. The smallest absolute Gasteiger partial charge is 0.227 e. The molecule has 2 rings (SSSR count). The highest BCUT2D eigenvalue weighted by molar-refractivity contribution is 5.83. The van der Waals surface area contributed by atoms with Crippen molar-refractivity contribution in [2.75, 3.05) is 26.7 Å². The van der Waals surface area contributed by atoms with E-state index in [1.165, 1.54) is 0 Å². The van der Waals surface area contributed by atoms with Crippen molar-refractivity contribution in [3.63, 3.8) is 0 Å². The van der Waals surface area contributed by atoms with Crippen molar-refractivity contribution in [2.24, 2.45) is 5.92 Å². The van der Waals surface area contributed by atoms with E-state index in [0.717, 1.165) is 25.9 Å². The van der Waals surface area contributed by atoms with Gasteiger partial charge in [-0.05, 0) is 26.3 Å². The topological polar surface area (TPSA) is 61.4 Å². The minimum absolute atomic E-state index is 0.0108. The van der Waals surface area contributed by atoms with E-state index in [9.17, 15) is 9.59 Å². The number of amides is 2. The molecule has 0 aromatic heterocycles. The quantitative estimate of drug-likeness (QED) is 0.697. The van der Waals surface area contributed by atoms with Gasteiger partial charge in [0, 0.05) is 32.1 Å². The molecular weight excluding hydrogens is 218 g/mol. The molecule has 2 N–H and O–H groups in total. The van der Waals surface area contributed by atoms with Crippen LogP contribution in [0, 0.1) is 5.92 Å². The molecule has 5 nitrogen and oxygen atoms in total. The first-order chi connectivity index (χ1) is 8.20. The number of hydrogen-bond acceptors (Lipinski definition) is 3. The molecule has 2 unspecified atom stereocenters. The zero-order valence-electron chi connectivity index (χ0n) is 10.4. The molecule has 2 amide bonds. The van der Waals surface area contributed by atoms with Crippen LogP contribution in [0.4, 0.5) is 0 Å². The van der Waals surface area contributed by atoms with Crippen molar-refractivity contribution in [3.8, 4) is 0 Å². The molecule has 96 valence electrons. The molecule has 0 aliphatic carbocycles. The Balaban J connectivity index is 1.88. The van der Waals surface area contributed by atoms with E-state index in [1.807, 2.05) is 11.9 Å². The van der Waals surface area contributed by atoms with Crippen molar-refractivity contribution in [3.05, 3.63) is 0 Å². The summed E-state index contributed by atoms with van der Waals surface area (Å²) in [6.45, 7) is 2.18. The van der Waals surface area contributed by atoms with Gasteiger partial charge in [0.2, 0.25) is 11.8 Å². The molecule has 2 aliphatic rings. The van der Waals surface area contributed by atoms with Gasteiger partial charge in [-0.25, -0.2) is 0 Å². The first-order valence-corrected chi connectivity index (χ1v) is 6.43. The Kier molecular flexibility index (Phi) is 3.99. The summed E-state index contributed by atoms with van der Waals surface area (Å²) >= 11 is 0. The van der Waals surface area contributed by atoms with Crippen molar-refractivity contribution in [2.45, 2.75) is 31.7 Å². The second kappa shape index (κ2) is 5.49. The lowest BCUT2D eigenvalue weighted by Gasteiger charge is -2.35. The first-order valence-electron chi connectivity index (χ1n) is 6.43. The fraction of sp³-hybridized carbons (Fsp3) is 0.833. The molecular formula is C12H21N3O2. The highest BCUT2D eigenvalue weighted by Gasteiger charge is 2.30. The monoisotopic (exact) mass is 239 g/mol. The van der Waals surface area contributed by atoms with Gasteiger partial charge in [0.05, 0.1) is 5.92 Å². The molecule has 0 saturated carbocycles. The van der Waals surface area contributed by atoms with Gasteiger partial charge in [0.25, 0.3) is 0 Å². The third-order valence-corrected chi connectivity index (χ3v) is 3.76. The van der Waals surface area contributed by atoms with Crippen molar-refractivity contribution in [1.82, 2.24) is 15.5 Å². The summed E-state index contributed by atoms with van der Waals surface area (Å²) in [4.78, 5) is 25.3. The minimum atomic E-state index is -0.0108. The summed E-state index contributed by atoms with van der Waals surface area (Å²) in [5.41, 5.74) is 0. The van der Waals surface area contributed by atoms with E-state index in [2.05, 4.69) is 10.6 Å². The number of nitrogens with one attached hydrogen (secondary N) is 2. The molecule has 0 radical (unpaired) electrons. The molecule has 17 heavy (non-hydrogen) atoms. The van der Waals surface area contributed by atoms with E-state index < -0.39 is 0 Å². The van der Waals surface area contributed by atoms with Gasteiger partial charge in [0.1, 0.15) is 0 Å². The predicted octanol–water partition coefficient (Wildman–Crippen LogP) is -0.277. The fourth-order valence-electron chi connectivity index (χ4n) is 2.61. The van der Waals surface area contributed by atoms with Gasteiger partial charge < -0.3 is 15.5 Å². The Morgan fingerprint density at radius 1 is 1.47 bits per heavy atom. The van der Waals surface area contributed by atoms with Crippen molar-refractivity contribution < 1.29 is 9.59 Å². The Bertz CT molecular complexity index is 296. The number of likely N-dealkylation sites (tertiary alicyclic amines) is 1. The summed E-state index contributed by atoms with van der Waals surface area (Å²) in [6, 6.07) is 0.422. The average Bonchev–Trinajstić information content (AvgIpc) is 2.39. The highest BCUT2D eigenvalue weighted by Crippen LogP contribution is 2.18. The maximum absolute atomic E-state index is 12.3. The highest BCUT2D eigenvalue weighted by atomic mass is 16.2. The summed E-state index contributed by atoms with van der Waals surface area (Å²) in [7, 11) is 1.94. The van der Waals surface area contributed by atoms with Crippen LogP contribution in [0.3, 0.4) is 0 Å². The van der Waals surface area contributed by atoms with Crippen LogP contribution in [0.2, 0.25) is 0 Å². The zero-order chi connectivity index (χ0) is 12.3. The third-order valence-electron chi connectivity index (χ3n) is 3.76. The van der Waals surface area contributed by atoms with Gasteiger partial charge in [-0.2, -0.15) is 0 Å². The van der Waals surface area contributed by atoms with Gasteiger partial charge in [-0.3, -0.25) is 9.59 Å². The van der Waals surface area contributed by atoms with Crippen LogP contribution < -0.4 is 10.6 Å². The molecule has 2 atom stereocenters. The summed E-state index contributed by atoms with van der Waals surface area (Å²) in [5.74, 6) is 0.272. The molecule has 0 aromatic rings. The predicted molar refractivity (Wildman–Crippen MR) is 64.4 cm³/mol. The number of nitrogens with zero attached hydrogens (tertiary/aromatic N) is 1.